The fourth-order valence-electron chi connectivity index (χ4n) is 4.69. The van der Waals surface area contributed by atoms with Gasteiger partial charge in [0.15, 0.2) is 11.5 Å². The summed E-state index contributed by atoms with van der Waals surface area (Å²) in [6.45, 7) is 1.47. The quantitative estimate of drug-likeness (QED) is 0.430. The van der Waals surface area contributed by atoms with E-state index >= 15 is 0 Å². The van der Waals surface area contributed by atoms with Gasteiger partial charge in [-0.25, -0.2) is 4.98 Å². The minimum Gasteiger partial charge on any atom is -0.497 e. The molecule has 1 atom stereocenters. The summed E-state index contributed by atoms with van der Waals surface area (Å²) in [6.07, 6.45) is 7.87. The summed E-state index contributed by atoms with van der Waals surface area (Å²) >= 11 is 0. The zero-order valence-electron chi connectivity index (χ0n) is 17.7. The number of imidazole rings is 1. The minimum atomic E-state index is 0.261. The van der Waals surface area contributed by atoms with Crippen LogP contribution in [0, 0.1) is 0 Å². The summed E-state index contributed by atoms with van der Waals surface area (Å²) in [4.78, 5) is 9.34. The van der Waals surface area contributed by atoms with Gasteiger partial charge in [-0.1, -0.05) is 5.16 Å². The zero-order valence-corrected chi connectivity index (χ0v) is 17.7. The highest BCUT2D eigenvalue weighted by Gasteiger charge is 2.32. The molecule has 0 radical (unpaired) electrons. The molecule has 5 heterocycles. The average molecular weight is 430 g/mol. The van der Waals surface area contributed by atoms with Crippen LogP contribution in [0.15, 0.2) is 35.2 Å². The fourth-order valence-corrected chi connectivity index (χ4v) is 4.69. The minimum absolute atomic E-state index is 0.261. The summed E-state index contributed by atoms with van der Waals surface area (Å²) in [5, 5.41) is 9.20. The highest BCUT2D eigenvalue weighted by atomic mass is 16.5. The molecule has 4 aromatic rings. The molecule has 1 saturated heterocycles. The maximum Gasteiger partial charge on any atom is 0.278 e. The SMILES string of the molecule is COc1ccc2c(c1)-c1nn(C3CCOC3)cc1Cc1c(-c3nc(C4CC4)no3)ncn1-2. The van der Waals surface area contributed by atoms with Gasteiger partial charge in [0, 0.05) is 36.3 Å². The van der Waals surface area contributed by atoms with Crippen LogP contribution in [0.25, 0.3) is 28.5 Å². The Balaban J connectivity index is 1.40. The number of nitrogens with zero attached hydrogens (tertiary/aromatic N) is 6. The van der Waals surface area contributed by atoms with E-state index in [-0.39, 0.29) is 6.04 Å². The predicted octanol–water partition coefficient (Wildman–Crippen LogP) is 3.54. The van der Waals surface area contributed by atoms with E-state index in [1.807, 2.05) is 18.5 Å². The van der Waals surface area contributed by atoms with Crippen LogP contribution in [0.1, 0.15) is 48.3 Å². The van der Waals surface area contributed by atoms with Crippen LogP contribution in [-0.4, -0.2) is 49.8 Å². The lowest BCUT2D eigenvalue weighted by atomic mass is 10.0. The van der Waals surface area contributed by atoms with E-state index in [2.05, 4.69) is 36.6 Å². The van der Waals surface area contributed by atoms with Crippen LogP contribution >= 0.6 is 0 Å². The first kappa shape index (κ1) is 18.1. The Bertz CT molecular complexity index is 1330. The molecule has 0 spiro atoms. The number of hydrogen-bond donors (Lipinski definition) is 0. The van der Waals surface area contributed by atoms with Gasteiger partial charge in [0.05, 0.1) is 36.8 Å². The fraction of sp³-hybridized carbons (Fsp3) is 0.391. The van der Waals surface area contributed by atoms with Crippen molar-refractivity contribution in [3.05, 3.63) is 47.8 Å². The average Bonchev–Trinajstić information content (AvgIpc) is 3.25. The number of hydrogen-bond acceptors (Lipinski definition) is 7. The summed E-state index contributed by atoms with van der Waals surface area (Å²) in [5.74, 6) is 2.49. The number of ether oxygens (including phenoxy) is 2. The standard InChI is InChI=1S/C23H22N6O3/c1-30-16-4-5-18-17(9-16)20-14(10-29(26-20)15-6-7-31-11-15)8-19-21(24-12-28(18)19)23-25-22(27-32-23)13-2-3-13/h4-5,9-10,12-13,15H,2-3,6-8,11H2,1H3. The van der Waals surface area contributed by atoms with E-state index in [0.717, 1.165) is 71.3 Å². The molecule has 2 fully saturated rings. The molecule has 9 heteroatoms. The van der Waals surface area contributed by atoms with Crippen LogP contribution in [0.4, 0.5) is 0 Å². The van der Waals surface area contributed by atoms with E-state index in [9.17, 15) is 0 Å². The maximum atomic E-state index is 5.62. The first-order valence-corrected chi connectivity index (χ1v) is 11.0. The molecule has 1 unspecified atom stereocenters. The third kappa shape index (κ3) is 2.74. The van der Waals surface area contributed by atoms with Gasteiger partial charge in [-0.3, -0.25) is 4.68 Å². The second-order valence-corrected chi connectivity index (χ2v) is 8.70. The summed E-state index contributed by atoms with van der Waals surface area (Å²) < 4.78 is 20.9. The van der Waals surface area contributed by atoms with Crippen molar-refractivity contribution in [3.63, 3.8) is 0 Å². The second-order valence-electron chi connectivity index (χ2n) is 8.70. The summed E-state index contributed by atoms with van der Waals surface area (Å²) in [6, 6.07) is 6.33. The Morgan fingerprint density at radius 2 is 2.09 bits per heavy atom. The lowest BCUT2D eigenvalue weighted by molar-refractivity contribution is 0.184. The van der Waals surface area contributed by atoms with Crippen LogP contribution < -0.4 is 4.74 Å². The van der Waals surface area contributed by atoms with Crippen LogP contribution in [-0.2, 0) is 11.2 Å². The smallest absolute Gasteiger partial charge is 0.278 e. The van der Waals surface area contributed by atoms with Crippen molar-refractivity contribution in [2.45, 2.75) is 37.6 Å². The first-order chi connectivity index (χ1) is 15.8. The number of methoxy groups -OCH3 is 1. The van der Waals surface area contributed by atoms with Gasteiger partial charge < -0.3 is 18.6 Å². The Kier molecular flexibility index (Phi) is 3.84. The van der Waals surface area contributed by atoms with Crippen molar-refractivity contribution in [2.75, 3.05) is 20.3 Å². The van der Waals surface area contributed by atoms with Crippen molar-refractivity contribution >= 4 is 0 Å². The van der Waals surface area contributed by atoms with Gasteiger partial charge in [-0.2, -0.15) is 10.1 Å². The van der Waals surface area contributed by atoms with Crippen molar-refractivity contribution in [2.24, 2.45) is 0 Å². The number of fused-ring (bicyclic) bond motifs is 5. The van der Waals surface area contributed by atoms with Crippen molar-refractivity contribution < 1.29 is 14.0 Å². The molecule has 3 aliphatic rings. The van der Waals surface area contributed by atoms with Gasteiger partial charge in [-0.05, 0) is 37.5 Å². The molecule has 3 aromatic heterocycles. The van der Waals surface area contributed by atoms with E-state index in [0.29, 0.717) is 24.8 Å². The van der Waals surface area contributed by atoms with E-state index in [1.54, 1.807) is 7.11 Å². The monoisotopic (exact) mass is 430 g/mol. The molecule has 1 saturated carbocycles. The van der Waals surface area contributed by atoms with Crippen LogP contribution in [0.2, 0.25) is 0 Å². The number of rotatable bonds is 4. The van der Waals surface area contributed by atoms with Crippen molar-refractivity contribution in [1.82, 2.24) is 29.5 Å². The molecule has 162 valence electrons. The normalized spacial score (nSPS) is 19.3. The molecule has 2 aliphatic heterocycles. The topological polar surface area (TPSA) is 93.0 Å². The summed E-state index contributed by atoms with van der Waals surface area (Å²) in [7, 11) is 1.68. The molecular formula is C23H22N6O3. The molecule has 9 nitrogen and oxygen atoms in total. The first-order valence-electron chi connectivity index (χ1n) is 11.0. The lowest BCUT2D eigenvalue weighted by Crippen LogP contribution is -2.09. The molecular weight excluding hydrogens is 408 g/mol. The molecule has 0 bridgehead atoms. The Hall–Kier alpha value is -3.46. The zero-order chi connectivity index (χ0) is 21.2. The molecule has 1 aliphatic carbocycles. The predicted molar refractivity (Wildman–Crippen MR) is 114 cm³/mol. The largest absolute Gasteiger partial charge is 0.497 e. The van der Waals surface area contributed by atoms with Gasteiger partial charge in [0.1, 0.15) is 12.1 Å². The highest BCUT2D eigenvalue weighted by Crippen LogP contribution is 2.41. The molecule has 1 aromatic carbocycles. The Labute approximate surface area is 184 Å². The molecule has 0 amide bonds. The molecule has 0 N–H and O–H groups in total. The van der Waals surface area contributed by atoms with Gasteiger partial charge >= 0.3 is 0 Å². The van der Waals surface area contributed by atoms with Crippen LogP contribution in [0.3, 0.4) is 0 Å². The molecule has 7 rings (SSSR count). The highest BCUT2D eigenvalue weighted by molar-refractivity contribution is 5.77. The lowest BCUT2D eigenvalue weighted by Gasteiger charge is -2.12. The number of aromatic nitrogens is 6. The maximum absolute atomic E-state index is 5.62. The van der Waals surface area contributed by atoms with E-state index in [1.165, 1.54) is 0 Å². The van der Waals surface area contributed by atoms with Gasteiger partial charge in [0.2, 0.25) is 0 Å². The third-order valence-corrected chi connectivity index (χ3v) is 6.62. The summed E-state index contributed by atoms with van der Waals surface area (Å²) in [5.41, 5.74) is 5.87. The second kappa shape index (κ2) is 6.77. The third-order valence-electron chi connectivity index (χ3n) is 6.62. The van der Waals surface area contributed by atoms with Crippen LogP contribution in [0.5, 0.6) is 5.75 Å². The number of benzene rings is 1. The Morgan fingerprint density at radius 3 is 2.91 bits per heavy atom. The van der Waals surface area contributed by atoms with Gasteiger partial charge in [-0.15, -0.1) is 0 Å². The van der Waals surface area contributed by atoms with Gasteiger partial charge in [0.25, 0.3) is 5.89 Å². The van der Waals surface area contributed by atoms with E-state index in [4.69, 9.17) is 19.1 Å². The van der Waals surface area contributed by atoms with E-state index < -0.39 is 0 Å². The van der Waals surface area contributed by atoms with Crippen molar-refractivity contribution in [3.8, 4) is 34.3 Å². The van der Waals surface area contributed by atoms with Crippen molar-refractivity contribution in [1.29, 1.82) is 0 Å². The molecule has 32 heavy (non-hydrogen) atoms. The Morgan fingerprint density at radius 1 is 1.16 bits per heavy atom.